The Labute approximate surface area is 141 Å². The van der Waals surface area contributed by atoms with Gasteiger partial charge in [-0.05, 0) is 50.2 Å². The van der Waals surface area contributed by atoms with Gasteiger partial charge < -0.3 is 15.6 Å². The number of hydrogen-bond donors (Lipinski definition) is 2. The van der Waals surface area contributed by atoms with Crippen LogP contribution < -0.4 is 10.5 Å². The number of aromatic carboxylic acids is 1. The second-order valence-electron chi connectivity index (χ2n) is 6.66. The number of rotatable bonds is 4. The van der Waals surface area contributed by atoms with Gasteiger partial charge >= 0.3 is 5.97 Å². The number of ether oxygens (including phenoxy) is 1. The molecule has 1 aromatic heterocycles. The van der Waals surface area contributed by atoms with Crippen LogP contribution in [0.1, 0.15) is 55.6 Å². The number of carbonyl (C=O) groups is 1. The lowest BCUT2D eigenvalue weighted by atomic mass is 9.89. The molecule has 1 aliphatic carbocycles. The van der Waals surface area contributed by atoms with Crippen molar-refractivity contribution < 1.29 is 14.6 Å². The molecule has 2 aromatic rings. The van der Waals surface area contributed by atoms with Gasteiger partial charge in [0.25, 0.3) is 0 Å². The molecule has 5 heteroatoms. The highest BCUT2D eigenvalue weighted by Gasteiger charge is 2.23. The quantitative estimate of drug-likeness (QED) is 0.885. The first-order valence-corrected chi connectivity index (χ1v) is 8.62. The fourth-order valence-electron chi connectivity index (χ4n) is 3.48. The zero-order chi connectivity index (χ0) is 17.3. The van der Waals surface area contributed by atoms with E-state index >= 15 is 0 Å². The van der Waals surface area contributed by atoms with Crippen LogP contribution >= 0.6 is 0 Å². The molecule has 5 nitrogen and oxygen atoms in total. The Bertz CT molecular complexity index is 765. The number of fused-ring (bicyclic) bond motifs is 1. The lowest BCUT2D eigenvalue weighted by Gasteiger charge is -2.27. The van der Waals surface area contributed by atoms with Crippen LogP contribution in [0.5, 0.6) is 5.75 Å². The van der Waals surface area contributed by atoms with Crippen LogP contribution in [0.15, 0.2) is 18.2 Å². The van der Waals surface area contributed by atoms with E-state index in [0.29, 0.717) is 28.8 Å². The number of anilines is 1. The molecule has 0 spiro atoms. The van der Waals surface area contributed by atoms with Crippen LogP contribution in [-0.4, -0.2) is 22.2 Å². The molecule has 1 heterocycles. The number of nitrogens with two attached hydrogens (primary N) is 1. The summed E-state index contributed by atoms with van der Waals surface area (Å²) < 4.78 is 6.19. The molecule has 3 rings (SSSR count). The second kappa shape index (κ2) is 6.67. The molecule has 1 aromatic carbocycles. The Hall–Kier alpha value is -2.30. The third kappa shape index (κ3) is 3.03. The molecule has 0 atom stereocenters. The number of hydrogen-bond acceptors (Lipinski definition) is 4. The maximum Gasteiger partial charge on any atom is 0.339 e. The molecule has 0 saturated heterocycles. The summed E-state index contributed by atoms with van der Waals surface area (Å²) in [6, 6.07) is 5.59. The molecule has 24 heavy (non-hydrogen) atoms. The molecule has 0 radical (unpaired) electrons. The van der Waals surface area contributed by atoms with Crippen LogP contribution in [-0.2, 0) is 6.42 Å². The largest absolute Gasteiger partial charge is 0.490 e. The molecular weight excluding hydrogens is 304 g/mol. The Kier molecular flexibility index (Phi) is 4.60. The molecule has 1 aliphatic rings. The zero-order valence-electron chi connectivity index (χ0n) is 14.2. The minimum absolute atomic E-state index is 0.0957. The van der Waals surface area contributed by atoms with Gasteiger partial charge in [-0.1, -0.05) is 19.9 Å². The van der Waals surface area contributed by atoms with Crippen molar-refractivity contribution in [2.45, 2.75) is 52.1 Å². The van der Waals surface area contributed by atoms with E-state index in [1.165, 1.54) is 0 Å². The third-order valence-electron chi connectivity index (χ3n) is 4.89. The van der Waals surface area contributed by atoms with E-state index in [0.717, 1.165) is 31.6 Å². The van der Waals surface area contributed by atoms with Crippen molar-refractivity contribution in [3.8, 4) is 5.75 Å². The molecule has 0 amide bonds. The molecule has 1 saturated carbocycles. The van der Waals surface area contributed by atoms with Crippen LogP contribution in [0.2, 0.25) is 0 Å². The van der Waals surface area contributed by atoms with E-state index in [1.54, 1.807) is 0 Å². The van der Waals surface area contributed by atoms with Crippen molar-refractivity contribution >= 4 is 22.6 Å². The minimum Gasteiger partial charge on any atom is -0.490 e. The summed E-state index contributed by atoms with van der Waals surface area (Å²) in [6.45, 7) is 4.14. The van der Waals surface area contributed by atoms with Crippen molar-refractivity contribution in [2.24, 2.45) is 5.92 Å². The van der Waals surface area contributed by atoms with Crippen LogP contribution in [0.3, 0.4) is 0 Å². The van der Waals surface area contributed by atoms with E-state index in [2.05, 4.69) is 11.9 Å². The number of pyridine rings is 1. The lowest BCUT2D eigenvalue weighted by molar-refractivity contribution is 0.0696. The molecule has 0 bridgehead atoms. The summed E-state index contributed by atoms with van der Waals surface area (Å²) in [5.41, 5.74) is 7.77. The van der Waals surface area contributed by atoms with Crippen molar-refractivity contribution in [3.05, 3.63) is 29.5 Å². The fourth-order valence-corrected chi connectivity index (χ4v) is 3.48. The maximum atomic E-state index is 11.6. The average Bonchev–Trinajstić information content (AvgIpc) is 2.56. The number of carboxylic acid groups (broad SMARTS) is 1. The number of nitrogens with zero attached hydrogens (tertiary/aromatic N) is 1. The van der Waals surface area contributed by atoms with E-state index < -0.39 is 5.97 Å². The van der Waals surface area contributed by atoms with Gasteiger partial charge in [0.05, 0.1) is 28.4 Å². The van der Waals surface area contributed by atoms with Gasteiger partial charge in [-0.2, -0.15) is 0 Å². The Morgan fingerprint density at radius 3 is 2.67 bits per heavy atom. The molecular formula is C19H24N2O3. The summed E-state index contributed by atoms with van der Waals surface area (Å²) in [6.07, 6.45) is 5.03. The molecule has 128 valence electrons. The monoisotopic (exact) mass is 328 g/mol. The van der Waals surface area contributed by atoms with Gasteiger partial charge in [-0.3, -0.25) is 4.98 Å². The predicted octanol–water partition coefficient (Wildman–Crippen LogP) is 4.04. The second-order valence-corrected chi connectivity index (χ2v) is 6.66. The molecule has 1 fully saturated rings. The van der Waals surface area contributed by atoms with Gasteiger partial charge in [0.15, 0.2) is 0 Å². The zero-order valence-corrected chi connectivity index (χ0v) is 14.2. The molecule has 0 unspecified atom stereocenters. The standard InChI is InChI=1S/C19H24N2O3/c1-3-13-17(19(22)23)18(20)16-14(21-13)5-4-6-15(16)24-12-9-7-11(2)8-10-12/h4-6,11-12H,3,7-10H2,1-2H3,(H2,20,21)(H,22,23)/t11-,12-. The number of nitrogen functional groups attached to an aromatic ring is 1. The van der Waals surface area contributed by atoms with Crippen LogP contribution in [0.4, 0.5) is 5.69 Å². The third-order valence-corrected chi connectivity index (χ3v) is 4.89. The summed E-state index contributed by atoms with van der Waals surface area (Å²) in [5, 5.41) is 10.1. The smallest absolute Gasteiger partial charge is 0.339 e. The van der Waals surface area contributed by atoms with Gasteiger partial charge in [0.2, 0.25) is 0 Å². The minimum atomic E-state index is -1.04. The highest BCUT2D eigenvalue weighted by atomic mass is 16.5. The van der Waals surface area contributed by atoms with Gasteiger partial charge in [-0.15, -0.1) is 0 Å². The first-order chi connectivity index (χ1) is 11.5. The topological polar surface area (TPSA) is 85.4 Å². The van der Waals surface area contributed by atoms with E-state index in [1.807, 2.05) is 25.1 Å². The van der Waals surface area contributed by atoms with Gasteiger partial charge in [0, 0.05) is 0 Å². The summed E-state index contributed by atoms with van der Waals surface area (Å²) in [7, 11) is 0. The van der Waals surface area contributed by atoms with E-state index in [-0.39, 0.29) is 17.4 Å². The maximum absolute atomic E-state index is 11.6. The predicted molar refractivity (Wildman–Crippen MR) is 94.5 cm³/mol. The van der Waals surface area contributed by atoms with E-state index in [9.17, 15) is 9.90 Å². The summed E-state index contributed by atoms with van der Waals surface area (Å²) >= 11 is 0. The number of aryl methyl sites for hydroxylation is 1. The Morgan fingerprint density at radius 2 is 2.04 bits per heavy atom. The summed E-state index contributed by atoms with van der Waals surface area (Å²) in [4.78, 5) is 16.1. The van der Waals surface area contributed by atoms with Crippen molar-refractivity contribution in [1.82, 2.24) is 4.98 Å². The van der Waals surface area contributed by atoms with Crippen molar-refractivity contribution in [3.63, 3.8) is 0 Å². The normalized spacial score (nSPS) is 20.9. The van der Waals surface area contributed by atoms with Crippen molar-refractivity contribution in [2.75, 3.05) is 5.73 Å². The van der Waals surface area contributed by atoms with Crippen molar-refractivity contribution in [1.29, 1.82) is 0 Å². The lowest BCUT2D eigenvalue weighted by Crippen LogP contribution is -2.23. The Morgan fingerprint density at radius 1 is 1.33 bits per heavy atom. The number of benzene rings is 1. The average molecular weight is 328 g/mol. The number of aromatic nitrogens is 1. The highest BCUT2D eigenvalue weighted by molar-refractivity contribution is 6.06. The SMILES string of the molecule is CCc1nc2cccc(O[C@H]3CC[C@H](C)CC3)c2c(N)c1C(=O)O. The number of carboxylic acids is 1. The van der Waals surface area contributed by atoms with E-state index in [4.69, 9.17) is 10.5 Å². The van der Waals surface area contributed by atoms with Gasteiger partial charge in [0.1, 0.15) is 11.3 Å². The highest BCUT2D eigenvalue weighted by Crippen LogP contribution is 2.36. The summed E-state index contributed by atoms with van der Waals surface area (Å²) in [5.74, 6) is 0.345. The fraction of sp³-hybridized carbons (Fsp3) is 0.474. The Balaban J connectivity index is 2.05. The molecule has 0 aliphatic heterocycles. The van der Waals surface area contributed by atoms with Crippen LogP contribution in [0, 0.1) is 5.92 Å². The first kappa shape index (κ1) is 16.6. The van der Waals surface area contributed by atoms with Crippen LogP contribution in [0.25, 0.3) is 10.9 Å². The molecule has 3 N–H and O–H groups in total. The first-order valence-electron chi connectivity index (χ1n) is 8.62. The van der Waals surface area contributed by atoms with Gasteiger partial charge in [-0.25, -0.2) is 4.79 Å².